The molecule has 2 heterocycles. The second-order valence-corrected chi connectivity index (χ2v) is 5.96. The van der Waals surface area contributed by atoms with Crippen molar-refractivity contribution < 1.29 is 0 Å². The lowest BCUT2D eigenvalue weighted by molar-refractivity contribution is 0.981. The topological polar surface area (TPSA) is 87.7 Å². The van der Waals surface area contributed by atoms with Gasteiger partial charge in [-0.1, -0.05) is 42.5 Å². The number of anilines is 5. The Hall–Kier alpha value is -4.00. The summed E-state index contributed by atoms with van der Waals surface area (Å²) in [6.45, 7) is 0.514. The summed E-state index contributed by atoms with van der Waals surface area (Å²) in [5, 5.41) is 9.63. The molecule has 7 nitrogen and oxygen atoms in total. The fourth-order valence-corrected chi connectivity index (χ4v) is 2.54. The van der Waals surface area contributed by atoms with E-state index in [4.69, 9.17) is 0 Å². The van der Waals surface area contributed by atoms with Crippen LogP contribution < -0.4 is 16.0 Å². The van der Waals surface area contributed by atoms with Crippen molar-refractivity contribution in [1.82, 2.24) is 19.9 Å². The summed E-state index contributed by atoms with van der Waals surface area (Å²) >= 11 is 0. The largest absolute Gasteiger partial charge is 0.348 e. The lowest BCUT2D eigenvalue weighted by Gasteiger charge is -2.11. The Morgan fingerprint density at radius 1 is 0.571 bits per heavy atom. The first kappa shape index (κ1) is 17.4. The highest BCUT2D eigenvalue weighted by Gasteiger charge is 2.08. The first-order valence-electron chi connectivity index (χ1n) is 8.89. The van der Waals surface area contributed by atoms with Crippen LogP contribution in [0.1, 0.15) is 5.69 Å². The second-order valence-electron chi connectivity index (χ2n) is 5.96. The zero-order valence-electron chi connectivity index (χ0n) is 15.1. The van der Waals surface area contributed by atoms with E-state index >= 15 is 0 Å². The molecule has 0 atom stereocenters. The quantitative estimate of drug-likeness (QED) is 0.446. The van der Waals surface area contributed by atoms with Gasteiger partial charge in [0.25, 0.3) is 0 Å². The van der Waals surface area contributed by atoms with Crippen molar-refractivity contribution in [2.24, 2.45) is 0 Å². The van der Waals surface area contributed by atoms with E-state index in [1.54, 1.807) is 6.20 Å². The summed E-state index contributed by atoms with van der Waals surface area (Å²) in [7, 11) is 0. The standard InChI is InChI=1S/C21H19N7/c1-3-9-16(10-4-1)24-20-26-19(23-15-18-13-7-8-14-22-18)27-21(28-20)25-17-11-5-2-6-12-17/h1-14H,15H2,(H3,23,24,25,26,27,28). The molecule has 28 heavy (non-hydrogen) atoms. The first-order valence-corrected chi connectivity index (χ1v) is 8.89. The predicted molar refractivity (Wildman–Crippen MR) is 111 cm³/mol. The maximum Gasteiger partial charge on any atom is 0.233 e. The van der Waals surface area contributed by atoms with Gasteiger partial charge in [-0.3, -0.25) is 4.98 Å². The molecule has 0 unspecified atom stereocenters. The molecule has 0 bridgehead atoms. The minimum atomic E-state index is 0.447. The Kier molecular flexibility index (Phi) is 5.34. The van der Waals surface area contributed by atoms with Gasteiger partial charge in [-0.05, 0) is 36.4 Å². The van der Waals surface area contributed by atoms with Crippen LogP contribution in [0.4, 0.5) is 29.2 Å². The van der Waals surface area contributed by atoms with Gasteiger partial charge in [0.2, 0.25) is 17.8 Å². The molecule has 3 N–H and O–H groups in total. The monoisotopic (exact) mass is 369 g/mol. The molecule has 0 aliphatic rings. The highest BCUT2D eigenvalue weighted by molar-refractivity contribution is 5.58. The molecule has 0 spiro atoms. The smallest absolute Gasteiger partial charge is 0.233 e. The number of rotatable bonds is 7. The van der Waals surface area contributed by atoms with Gasteiger partial charge in [0.15, 0.2) is 0 Å². The van der Waals surface area contributed by atoms with E-state index in [0.717, 1.165) is 17.1 Å². The second kappa shape index (κ2) is 8.59. The molecule has 2 aromatic carbocycles. The molecule has 4 rings (SSSR count). The molecule has 0 fully saturated rings. The number of aromatic nitrogens is 4. The Morgan fingerprint density at radius 2 is 1.11 bits per heavy atom. The Morgan fingerprint density at radius 3 is 1.64 bits per heavy atom. The van der Waals surface area contributed by atoms with Crippen molar-refractivity contribution >= 4 is 29.2 Å². The van der Waals surface area contributed by atoms with E-state index in [2.05, 4.69) is 35.9 Å². The third kappa shape index (κ3) is 4.79. The molecule has 138 valence electrons. The van der Waals surface area contributed by atoms with Gasteiger partial charge < -0.3 is 16.0 Å². The maximum atomic E-state index is 4.48. The van der Waals surface area contributed by atoms with Gasteiger partial charge >= 0.3 is 0 Å². The van der Waals surface area contributed by atoms with Crippen LogP contribution in [0.3, 0.4) is 0 Å². The molecular weight excluding hydrogens is 350 g/mol. The van der Waals surface area contributed by atoms with E-state index in [0.29, 0.717) is 24.4 Å². The fraction of sp³-hybridized carbons (Fsp3) is 0.0476. The molecular formula is C21H19N7. The zero-order chi connectivity index (χ0) is 19.0. The van der Waals surface area contributed by atoms with Crippen molar-refractivity contribution in [3.05, 3.63) is 90.8 Å². The zero-order valence-corrected chi connectivity index (χ0v) is 15.1. The van der Waals surface area contributed by atoms with Gasteiger partial charge in [-0.15, -0.1) is 0 Å². The van der Waals surface area contributed by atoms with Gasteiger partial charge in [0, 0.05) is 17.6 Å². The van der Waals surface area contributed by atoms with E-state index in [9.17, 15) is 0 Å². The number of para-hydroxylation sites is 2. The predicted octanol–water partition coefficient (Wildman–Crippen LogP) is 4.37. The summed E-state index contributed by atoms with van der Waals surface area (Å²) in [6.07, 6.45) is 1.76. The number of pyridine rings is 1. The van der Waals surface area contributed by atoms with Crippen LogP contribution in [0.2, 0.25) is 0 Å². The van der Waals surface area contributed by atoms with Crippen LogP contribution in [-0.2, 0) is 6.54 Å². The molecule has 7 heteroatoms. The van der Waals surface area contributed by atoms with E-state index in [1.165, 1.54) is 0 Å². The summed E-state index contributed by atoms with van der Waals surface area (Å²) < 4.78 is 0. The third-order valence-electron chi connectivity index (χ3n) is 3.85. The minimum absolute atomic E-state index is 0.447. The highest BCUT2D eigenvalue weighted by Crippen LogP contribution is 2.18. The normalized spacial score (nSPS) is 10.3. The average molecular weight is 369 g/mol. The molecule has 0 amide bonds. The van der Waals surface area contributed by atoms with E-state index in [1.807, 2.05) is 78.9 Å². The van der Waals surface area contributed by atoms with Crippen molar-refractivity contribution in [2.75, 3.05) is 16.0 Å². The van der Waals surface area contributed by atoms with E-state index in [-0.39, 0.29) is 0 Å². The summed E-state index contributed by atoms with van der Waals surface area (Å²) in [6, 6.07) is 25.3. The first-order chi connectivity index (χ1) is 13.8. The van der Waals surface area contributed by atoms with Crippen LogP contribution >= 0.6 is 0 Å². The van der Waals surface area contributed by atoms with Gasteiger partial charge in [-0.25, -0.2) is 0 Å². The van der Waals surface area contributed by atoms with Crippen LogP contribution in [0, 0.1) is 0 Å². The van der Waals surface area contributed by atoms with Crippen LogP contribution in [0.25, 0.3) is 0 Å². The Bertz CT molecular complexity index is 949. The number of nitrogens with one attached hydrogen (secondary N) is 3. The molecule has 4 aromatic rings. The molecule has 0 saturated carbocycles. The van der Waals surface area contributed by atoms with Crippen molar-refractivity contribution in [2.45, 2.75) is 6.54 Å². The summed E-state index contributed by atoms with van der Waals surface area (Å²) in [4.78, 5) is 17.7. The Balaban J connectivity index is 1.58. The number of nitrogens with zero attached hydrogens (tertiary/aromatic N) is 4. The third-order valence-corrected chi connectivity index (χ3v) is 3.85. The Labute approximate surface area is 162 Å². The van der Waals surface area contributed by atoms with Crippen LogP contribution in [0.15, 0.2) is 85.1 Å². The highest BCUT2D eigenvalue weighted by atomic mass is 15.3. The van der Waals surface area contributed by atoms with Crippen molar-refractivity contribution in [1.29, 1.82) is 0 Å². The molecule has 0 radical (unpaired) electrons. The molecule has 0 aliphatic heterocycles. The van der Waals surface area contributed by atoms with Crippen molar-refractivity contribution in [3.8, 4) is 0 Å². The van der Waals surface area contributed by atoms with Gasteiger partial charge in [-0.2, -0.15) is 15.0 Å². The minimum Gasteiger partial charge on any atom is -0.348 e. The van der Waals surface area contributed by atoms with Crippen LogP contribution in [-0.4, -0.2) is 19.9 Å². The molecule has 0 saturated heterocycles. The van der Waals surface area contributed by atoms with Gasteiger partial charge in [0.1, 0.15) is 0 Å². The summed E-state index contributed by atoms with van der Waals surface area (Å²) in [5.41, 5.74) is 2.70. The lowest BCUT2D eigenvalue weighted by atomic mass is 10.3. The van der Waals surface area contributed by atoms with Crippen LogP contribution in [0.5, 0.6) is 0 Å². The number of hydrogen-bond acceptors (Lipinski definition) is 7. The maximum absolute atomic E-state index is 4.48. The number of benzene rings is 2. The SMILES string of the molecule is c1ccc(Nc2nc(NCc3ccccn3)nc(Nc3ccccc3)n2)cc1. The fourth-order valence-electron chi connectivity index (χ4n) is 2.54. The molecule has 0 aliphatic carbocycles. The van der Waals surface area contributed by atoms with Crippen molar-refractivity contribution in [3.63, 3.8) is 0 Å². The summed E-state index contributed by atoms with van der Waals surface area (Å²) in [5.74, 6) is 1.35. The average Bonchev–Trinajstić information content (AvgIpc) is 2.74. The van der Waals surface area contributed by atoms with E-state index < -0.39 is 0 Å². The number of hydrogen-bond donors (Lipinski definition) is 3. The van der Waals surface area contributed by atoms with Gasteiger partial charge in [0.05, 0.1) is 12.2 Å². The lowest BCUT2D eigenvalue weighted by Crippen LogP contribution is -2.10. The molecule has 2 aromatic heterocycles.